The zero-order valence-electron chi connectivity index (χ0n) is 13.3. The molecule has 5 aliphatic rings. The molecule has 5 saturated carbocycles. The standard InChI is InChI=1S/C18H29NO2/c1-19(11-15-5-16(20)6-15)17(21)10-18-7-12-2-13(8-18)4-14(3-12)9-18/h12-16,20H,2-11H2,1H3. The summed E-state index contributed by atoms with van der Waals surface area (Å²) in [5, 5.41) is 9.38. The van der Waals surface area contributed by atoms with E-state index in [2.05, 4.69) is 0 Å². The Morgan fingerprint density at radius 2 is 1.57 bits per heavy atom. The lowest BCUT2D eigenvalue weighted by molar-refractivity contribution is -0.139. The minimum absolute atomic E-state index is 0.110. The number of rotatable bonds is 4. The third kappa shape index (κ3) is 2.62. The Morgan fingerprint density at radius 3 is 2.05 bits per heavy atom. The molecule has 0 aromatic rings. The van der Waals surface area contributed by atoms with Gasteiger partial charge in [0.15, 0.2) is 0 Å². The van der Waals surface area contributed by atoms with Crippen LogP contribution >= 0.6 is 0 Å². The summed E-state index contributed by atoms with van der Waals surface area (Å²) in [6.45, 7) is 0.849. The fourth-order valence-electron chi connectivity index (χ4n) is 6.30. The van der Waals surface area contributed by atoms with Crippen molar-refractivity contribution in [2.24, 2.45) is 29.1 Å². The van der Waals surface area contributed by atoms with E-state index in [0.29, 0.717) is 17.2 Å². The average molecular weight is 291 g/mol. The maximum absolute atomic E-state index is 12.6. The SMILES string of the molecule is CN(CC1CC(O)C1)C(=O)CC12CC3CC(CC(C3)C1)C2. The number of amides is 1. The normalized spacial score (nSPS) is 47.2. The van der Waals surface area contributed by atoms with E-state index >= 15 is 0 Å². The number of aliphatic hydroxyl groups is 1. The van der Waals surface area contributed by atoms with Crippen LogP contribution in [0.15, 0.2) is 0 Å². The predicted molar refractivity (Wildman–Crippen MR) is 81.6 cm³/mol. The molecule has 118 valence electrons. The molecule has 5 rings (SSSR count). The molecule has 0 atom stereocenters. The quantitative estimate of drug-likeness (QED) is 0.865. The first-order chi connectivity index (χ1) is 10.0. The second-order valence-corrected chi connectivity index (χ2v) is 8.86. The minimum atomic E-state index is -0.110. The average Bonchev–Trinajstić information content (AvgIpc) is 2.34. The van der Waals surface area contributed by atoms with Crippen LogP contribution in [0.3, 0.4) is 0 Å². The number of carbonyl (C=O) groups is 1. The Balaban J connectivity index is 1.35. The molecule has 0 saturated heterocycles. The minimum Gasteiger partial charge on any atom is -0.393 e. The summed E-state index contributed by atoms with van der Waals surface area (Å²) in [6.07, 6.45) is 10.8. The van der Waals surface area contributed by atoms with Crippen molar-refractivity contribution in [1.82, 2.24) is 4.90 Å². The lowest BCUT2D eigenvalue weighted by atomic mass is 9.49. The van der Waals surface area contributed by atoms with Crippen molar-refractivity contribution in [3.8, 4) is 0 Å². The number of aliphatic hydroxyl groups excluding tert-OH is 1. The highest BCUT2D eigenvalue weighted by molar-refractivity contribution is 5.76. The predicted octanol–water partition coefficient (Wildman–Crippen LogP) is 2.82. The van der Waals surface area contributed by atoms with Crippen LogP contribution in [0.5, 0.6) is 0 Å². The van der Waals surface area contributed by atoms with Gasteiger partial charge in [0.25, 0.3) is 0 Å². The molecular weight excluding hydrogens is 262 g/mol. The van der Waals surface area contributed by atoms with Crippen molar-refractivity contribution >= 4 is 5.91 Å². The fraction of sp³-hybridized carbons (Fsp3) is 0.944. The van der Waals surface area contributed by atoms with E-state index in [1.165, 1.54) is 38.5 Å². The van der Waals surface area contributed by atoms with Gasteiger partial charge in [0.1, 0.15) is 0 Å². The summed E-state index contributed by atoms with van der Waals surface area (Å²) in [5.74, 6) is 3.67. The first kappa shape index (κ1) is 14.0. The highest BCUT2D eigenvalue weighted by atomic mass is 16.3. The van der Waals surface area contributed by atoms with Crippen LogP contribution < -0.4 is 0 Å². The van der Waals surface area contributed by atoms with Gasteiger partial charge in [-0.2, -0.15) is 0 Å². The molecule has 0 aromatic carbocycles. The number of hydrogen-bond acceptors (Lipinski definition) is 2. The number of nitrogens with zero attached hydrogens (tertiary/aromatic N) is 1. The van der Waals surface area contributed by atoms with Crippen molar-refractivity contribution in [2.75, 3.05) is 13.6 Å². The first-order valence-corrected chi connectivity index (χ1v) is 8.93. The molecule has 4 bridgehead atoms. The molecule has 5 fully saturated rings. The summed E-state index contributed by atoms with van der Waals surface area (Å²) in [5.41, 5.74) is 0.360. The van der Waals surface area contributed by atoms with E-state index < -0.39 is 0 Å². The third-order valence-corrected chi connectivity index (χ3v) is 6.86. The van der Waals surface area contributed by atoms with Gasteiger partial charge in [-0.25, -0.2) is 0 Å². The summed E-state index contributed by atoms with van der Waals surface area (Å²) >= 11 is 0. The van der Waals surface area contributed by atoms with Gasteiger partial charge in [-0.1, -0.05) is 0 Å². The summed E-state index contributed by atoms with van der Waals surface area (Å²) in [4.78, 5) is 14.6. The van der Waals surface area contributed by atoms with Gasteiger partial charge in [0.2, 0.25) is 5.91 Å². The van der Waals surface area contributed by atoms with Gasteiger partial charge in [0.05, 0.1) is 6.10 Å². The van der Waals surface area contributed by atoms with Gasteiger partial charge in [-0.3, -0.25) is 4.79 Å². The molecular formula is C18H29NO2. The van der Waals surface area contributed by atoms with Gasteiger partial charge in [-0.05, 0) is 80.5 Å². The Bertz CT molecular complexity index is 392. The summed E-state index contributed by atoms with van der Waals surface area (Å²) < 4.78 is 0. The molecule has 3 heteroatoms. The Kier molecular flexibility index (Phi) is 3.33. The molecule has 3 nitrogen and oxygen atoms in total. The van der Waals surface area contributed by atoms with E-state index in [4.69, 9.17) is 0 Å². The van der Waals surface area contributed by atoms with Crippen molar-refractivity contribution in [1.29, 1.82) is 0 Å². The monoisotopic (exact) mass is 291 g/mol. The van der Waals surface area contributed by atoms with Gasteiger partial charge >= 0.3 is 0 Å². The Hall–Kier alpha value is -0.570. The zero-order valence-corrected chi connectivity index (χ0v) is 13.3. The summed E-state index contributed by atoms with van der Waals surface area (Å²) in [7, 11) is 1.97. The van der Waals surface area contributed by atoms with E-state index in [9.17, 15) is 9.90 Å². The second kappa shape index (κ2) is 4.97. The third-order valence-electron chi connectivity index (χ3n) is 6.86. The molecule has 0 heterocycles. The maximum atomic E-state index is 12.6. The van der Waals surface area contributed by atoms with E-state index in [0.717, 1.165) is 43.6 Å². The van der Waals surface area contributed by atoms with Gasteiger partial charge in [-0.15, -0.1) is 0 Å². The number of hydrogen-bond donors (Lipinski definition) is 1. The Labute approximate surface area is 128 Å². The van der Waals surface area contributed by atoms with Crippen molar-refractivity contribution in [2.45, 2.75) is 63.9 Å². The topological polar surface area (TPSA) is 40.5 Å². The van der Waals surface area contributed by atoms with Crippen LogP contribution in [-0.2, 0) is 4.79 Å². The van der Waals surface area contributed by atoms with E-state index in [1.54, 1.807) is 0 Å². The molecule has 0 aliphatic heterocycles. The lowest BCUT2D eigenvalue weighted by Crippen LogP contribution is -2.48. The van der Waals surface area contributed by atoms with E-state index in [-0.39, 0.29) is 6.10 Å². The molecule has 21 heavy (non-hydrogen) atoms. The number of carbonyl (C=O) groups excluding carboxylic acids is 1. The van der Waals surface area contributed by atoms with Crippen molar-refractivity contribution in [3.63, 3.8) is 0 Å². The van der Waals surface area contributed by atoms with Crippen LogP contribution in [0.1, 0.15) is 57.8 Å². The molecule has 0 radical (unpaired) electrons. The van der Waals surface area contributed by atoms with Crippen LogP contribution in [0.4, 0.5) is 0 Å². The first-order valence-electron chi connectivity index (χ1n) is 8.93. The van der Waals surface area contributed by atoms with E-state index in [1.807, 2.05) is 11.9 Å². The lowest BCUT2D eigenvalue weighted by Gasteiger charge is -2.57. The van der Waals surface area contributed by atoms with Crippen LogP contribution in [0.2, 0.25) is 0 Å². The molecule has 0 spiro atoms. The fourth-order valence-corrected chi connectivity index (χ4v) is 6.30. The molecule has 0 unspecified atom stereocenters. The molecule has 1 N–H and O–H groups in total. The highest BCUT2D eigenvalue weighted by Gasteiger charge is 2.51. The van der Waals surface area contributed by atoms with Crippen molar-refractivity contribution < 1.29 is 9.90 Å². The smallest absolute Gasteiger partial charge is 0.222 e. The molecule has 5 aliphatic carbocycles. The molecule has 1 amide bonds. The van der Waals surface area contributed by atoms with Crippen LogP contribution in [0, 0.1) is 29.1 Å². The maximum Gasteiger partial charge on any atom is 0.222 e. The Morgan fingerprint density at radius 1 is 1.05 bits per heavy atom. The van der Waals surface area contributed by atoms with Gasteiger partial charge < -0.3 is 10.0 Å². The van der Waals surface area contributed by atoms with Crippen molar-refractivity contribution in [3.05, 3.63) is 0 Å². The van der Waals surface area contributed by atoms with Crippen LogP contribution in [-0.4, -0.2) is 35.6 Å². The zero-order chi connectivity index (χ0) is 14.6. The second-order valence-electron chi connectivity index (χ2n) is 8.86. The van der Waals surface area contributed by atoms with Gasteiger partial charge in [0, 0.05) is 20.0 Å². The van der Waals surface area contributed by atoms with Crippen LogP contribution in [0.25, 0.3) is 0 Å². The molecule has 0 aromatic heterocycles. The summed E-state index contributed by atoms with van der Waals surface area (Å²) in [6, 6.07) is 0. The largest absolute Gasteiger partial charge is 0.393 e. The highest BCUT2D eigenvalue weighted by Crippen LogP contribution is 2.61.